The fourth-order valence-corrected chi connectivity index (χ4v) is 78.8. The van der Waals surface area contributed by atoms with E-state index in [-0.39, 0.29) is 0 Å². The summed E-state index contributed by atoms with van der Waals surface area (Å²) in [7, 11) is -1.56. The lowest BCUT2D eigenvalue weighted by atomic mass is 9.98. The van der Waals surface area contributed by atoms with Gasteiger partial charge in [0.05, 0.1) is 7.59 Å². The minimum Gasteiger partial charge on any atom is -0.115 e. The second-order valence-electron chi connectivity index (χ2n) is 9.01. The maximum absolute atomic E-state index is 4.57. The first-order valence-electron chi connectivity index (χ1n) is 10.8. The van der Waals surface area contributed by atoms with Crippen LogP contribution in [0.2, 0.25) is 16.6 Å². The number of rotatable bonds is 5. The summed E-state index contributed by atoms with van der Waals surface area (Å²) >= 11 is 21.8. The maximum atomic E-state index is 4.57. The van der Waals surface area contributed by atoms with Gasteiger partial charge in [-0.05, 0) is 16.6 Å². The van der Waals surface area contributed by atoms with Crippen LogP contribution in [-0.2, 0) is 0 Å². The second kappa shape index (κ2) is 10.1. The van der Waals surface area contributed by atoms with Crippen LogP contribution in [0.15, 0.2) is 0 Å². The fraction of sp³-hybridized carbons (Fsp3) is 1.00. The maximum Gasteiger partial charge on any atom is 0.276 e. The third-order valence-corrected chi connectivity index (χ3v) is 109. The molecule has 0 aromatic carbocycles. The molecule has 0 heterocycles. The summed E-state index contributed by atoms with van der Waals surface area (Å²) in [4.78, 5) is 0. The lowest BCUT2D eigenvalue weighted by Gasteiger charge is -2.59. The first-order valence-corrected chi connectivity index (χ1v) is 30.3. The molecule has 3 saturated carbocycles. The standard InChI is InChI=1S/C18H33Br5Si3/c19-25(20,21)26(22,23)24(16-10-4-1-5-11-16,17-12-6-2-7-13-17)18-14-8-3-9-15-18/h16-18H,1-15H2. The largest absolute Gasteiger partial charge is 0.276 e. The van der Waals surface area contributed by atoms with Crippen molar-refractivity contribution in [1.29, 1.82) is 0 Å². The van der Waals surface area contributed by atoms with Crippen LogP contribution in [-0.4, -0.2) is 15.4 Å². The van der Waals surface area contributed by atoms with Crippen molar-refractivity contribution in [2.45, 2.75) is 113 Å². The van der Waals surface area contributed by atoms with Crippen LogP contribution in [0.3, 0.4) is 0 Å². The molecular formula is C18H33Br5Si3. The highest BCUT2D eigenvalue weighted by Crippen LogP contribution is 2.66. The summed E-state index contributed by atoms with van der Waals surface area (Å²) in [5.74, 6) is 0. The van der Waals surface area contributed by atoms with E-state index in [1.807, 2.05) is 0 Å². The molecule has 0 nitrogen and oxygen atoms in total. The Morgan fingerprint density at radius 2 is 0.692 bits per heavy atom. The van der Waals surface area contributed by atoms with Crippen molar-refractivity contribution in [3.8, 4) is 0 Å². The van der Waals surface area contributed by atoms with E-state index in [4.69, 9.17) is 0 Å². The number of hydrogen-bond donors (Lipinski definition) is 0. The van der Waals surface area contributed by atoms with Gasteiger partial charge in [-0.1, -0.05) is 142 Å². The highest BCUT2D eigenvalue weighted by atomic mass is 80.0. The molecule has 152 valence electrons. The molecule has 3 fully saturated rings. The van der Waals surface area contributed by atoms with Gasteiger partial charge in [0.2, 0.25) is 4.35 Å². The summed E-state index contributed by atoms with van der Waals surface area (Å²) in [6, 6.07) is 0. The van der Waals surface area contributed by atoms with Gasteiger partial charge in [-0.3, -0.25) is 0 Å². The summed E-state index contributed by atoms with van der Waals surface area (Å²) < 4.78 is -3.59. The average molecular weight is 733 g/mol. The Morgan fingerprint density at radius 3 is 0.923 bits per heavy atom. The topological polar surface area (TPSA) is 0 Å². The number of hydrogen-bond acceptors (Lipinski definition) is 0. The zero-order valence-electron chi connectivity index (χ0n) is 15.7. The van der Waals surface area contributed by atoms with Crippen molar-refractivity contribution in [2.24, 2.45) is 0 Å². The summed E-state index contributed by atoms with van der Waals surface area (Å²) in [5.41, 5.74) is 3.15. The molecule has 0 spiro atoms. The zero-order chi connectivity index (χ0) is 18.8. The van der Waals surface area contributed by atoms with E-state index in [2.05, 4.69) is 76.5 Å². The Hall–Kier alpha value is 3.05. The minimum absolute atomic E-state index is 1.05. The van der Waals surface area contributed by atoms with E-state index < -0.39 is 15.4 Å². The van der Waals surface area contributed by atoms with Gasteiger partial charge in [0.1, 0.15) is 0 Å². The van der Waals surface area contributed by atoms with Crippen molar-refractivity contribution in [1.82, 2.24) is 0 Å². The summed E-state index contributed by atoms with van der Waals surface area (Å²) in [6.45, 7) is 0. The lowest BCUT2D eigenvalue weighted by Crippen LogP contribution is -2.71. The number of halogens is 5. The predicted molar refractivity (Wildman–Crippen MR) is 142 cm³/mol. The Labute approximate surface area is 202 Å². The molecule has 0 radical (unpaired) electrons. The van der Waals surface area contributed by atoms with E-state index in [9.17, 15) is 0 Å². The Morgan fingerprint density at radius 1 is 0.423 bits per heavy atom. The molecule has 26 heavy (non-hydrogen) atoms. The molecule has 3 rings (SSSR count). The molecular weight excluding hydrogens is 700 g/mol. The van der Waals surface area contributed by atoms with Crippen LogP contribution in [0, 0.1) is 0 Å². The quantitative estimate of drug-likeness (QED) is 0.195. The average Bonchev–Trinajstić information content (AvgIpc) is 2.64. The molecule has 0 aromatic heterocycles. The molecule has 0 atom stereocenters. The highest BCUT2D eigenvalue weighted by molar-refractivity contribution is 9.81. The van der Waals surface area contributed by atoms with Crippen LogP contribution in [0.4, 0.5) is 0 Å². The van der Waals surface area contributed by atoms with E-state index in [0.717, 1.165) is 16.6 Å². The minimum atomic E-state index is -1.80. The molecule has 0 N–H and O–H groups in total. The van der Waals surface area contributed by atoms with Crippen LogP contribution in [0.25, 0.3) is 0 Å². The van der Waals surface area contributed by atoms with Crippen molar-refractivity contribution in [3.63, 3.8) is 0 Å². The smallest absolute Gasteiger partial charge is 0.115 e. The van der Waals surface area contributed by atoms with Crippen molar-refractivity contribution in [3.05, 3.63) is 0 Å². The Bertz CT molecular complexity index is 405. The van der Waals surface area contributed by atoms with E-state index in [1.54, 1.807) is 0 Å². The summed E-state index contributed by atoms with van der Waals surface area (Å²) in [5, 5.41) is 0. The van der Waals surface area contributed by atoms with Crippen LogP contribution in [0.5, 0.6) is 0 Å². The molecule has 3 aliphatic carbocycles. The van der Waals surface area contributed by atoms with Gasteiger partial charge in [-0.25, -0.2) is 0 Å². The van der Waals surface area contributed by atoms with Crippen molar-refractivity contribution in [2.75, 3.05) is 0 Å². The normalized spacial score (nSPS) is 26.2. The van der Waals surface area contributed by atoms with Crippen molar-refractivity contribution < 1.29 is 0 Å². The third kappa shape index (κ3) is 4.62. The van der Waals surface area contributed by atoms with Gasteiger partial charge in [0.15, 0.2) is 0 Å². The molecule has 0 unspecified atom stereocenters. The van der Waals surface area contributed by atoms with E-state index in [1.165, 1.54) is 96.3 Å². The van der Waals surface area contributed by atoms with Crippen LogP contribution >= 0.6 is 76.5 Å². The molecule has 0 aliphatic heterocycles. The van der Waals surface area contributed by atoms with Gasteiger partial charge >= 0.3 is 0 Å². The SMILES string of the molecule is Br[Si](Br)(Br)[Si](Br)(Br)[Si](C1CCCCC1)(C1CCCCC1)C1CCCCC1. The third-order valence-electron chi connectivity index (χ3n) is 7.74. The molecule has 8 heteroatoms. The van der Waals surface area contributed by atoms with Gasteiger partial charge in [0, 0.05) is 0 Å². The van der Waals surface area contributed by atoms with Gasteiger partial charge in [-0.2, -0.15) is 0 Å². The highest BCUT2D eigenvalue weighted by Gasteiger charge is 2.70. The van der Waals surface area contributed by atoms with Gasteiger partial charge in [0.25, 0.3) is 3.45 Å². The first-order chi connectivity index (χ1) is 12.3. The molecule has 0 bridgehead atoms. The summed E-state index contributed by atoms with van der Waals surface area (Å²) in [6.07, 6.45) is 22.6. The second-order valence-corrected chi connectivity index (χ2v) is 72.3. The molecule has 0 saturated heterocycles. The Balaban J connectivity index is 2.11. The van der Waals surface area contributed by atoms with Crippen LogP contribution in [0.1, 0.15) is 96.3 Å². The molecule has 0 amide bonds. The monoisotopic (exact) mass is 728 g/mol. The fourth-order valence-electron chi connectivity index (χ4n) is 6.76. The first kappa shape index (κ1) is 23.7. The van der Waals surface area contributed by atoms with E-state index >= 15 is 0 Å². The molecule has 3 aliphatic rings. The van der Waals surface area contributed by atoms with Gasteiger partial charge < -0.3 is 0 Å². The van der Waals surface area contributed by atoms with Crippen molar-refractivity contribution >= 4 is 91.9 Å². The van der Waals surface area contributed by atoms with Gasteiger partial charge in [-0.15, -0.1) is 30.6 Å². The molecule has 0 aromatic rings. The van der Waals surface area contributed by atoms with Crippen LogP contribution < -0.4 is 0 Å². The lowest BCUT2D eigenvalue weighted by molar-refractivity contribution is 0.424. The zero-order valence-corrected chi connectivity index (χ0v) is 26.7. The Kier molecular flexibility index (Phi) is 9.22. The van der Waals surface area contributed by atoms with E-state index in [0.29, 0.717) is 0 Å². The predicted octanol–water partition coefficient (Wildman–Crippen LogP) is 9.95.